The summed E-state index contributed by atoms with van der Waals surface area (Å²) in [5, 5.41) is 5.04. The van der Waals surface area contributed by atoms with Crippen LogP contribution in [0.3, 0.4) is 0 Å². The van der Waals surface area contributed by atoms with Crippen molar-refractivity contribution < 1.29 is 14.0 Å². The van der Waals surface area contributed by atoms with Gasteiger partial charge >= 0.3 is 0 Å². The molecule has 0 bridgehead atoms. The van der Waals surface area contributed by atoms with Gasteiger partial charge in [-0.15, -0.1) is 12.4 Å². The van der Waals surface area contributed by atoms with Crippen LogP contribution in [0.2, 0.25) is 0 Å². The summed E-state index contributed by atoms with van der Waals surface area (Å²) in [4.78, 5) is 23.6. The Labute approximate surface area is 128 Å². The summed E-state index contributed by atoms with van der Waals surface area (Å²) in [6, 6.07) is 5.57. The summed E-state index contributed by atoms with van der Waals surface area (Å²) in [7, 11) is 0. The van der Waals surface area contributed by atoms with Gasteiger partial charge in [-0.3, -0.25) is 9.59 Å². The molecule has 1 aliphatic carbocycles. The molecule has 0 radical (unpaired) electrons. The fourth-order valence-electron chi connectivity index (χ4n) is 2.34. The summed E-state index contributed by atoms with van der Waals surface area (Å²) < 4.78 is 12.9. The first kappa shape index (κ1) is 17.4. The second-order valence-electron chi connectivity index (χ2n) is 5.10. The highest BCUT2D eigenvalue weighted by molar-refractivity contribution is 5.96. The van der Waals surface area contributed by atoms with E-state index in [2.05, 4.69) is 10.6 Å². The molecule has 2 rings (SSSR count). The molecule has 2 amide bonds. The fourth-order valence-corrected chi connectivity index (χ4v) is 2.34. The van der Waals surface area contributed by atoms with Crippen LogP contribution in [-0.4, -0.2) is 23.9 Å². The maximum atomic E-state index is 12.9. The lowest BCUT2D eigenvalue weighted by atomic mass is 9.98. The van der Waals surface area contributed by atoms with Gasteiger partial charge in [-0.1, -0.05) is 18.9 Å². The largest absolute Gasteiger partial charge is 0.345 e. The molecule has 1 aromatic carbocycles. The van der Waals surface area contributed by atoms with Crippen molar-refractivity contribution in [2.75, 3.05) is 11.9 Å². The maximum absolute atomic E-state index is 12.9. The van der Waals surface area contributed by atoms with E-state index in [0.29, 0.717) is 18.5 Å². The Bertz CT molecular complexity index is 519. The normalized spacial score (nSPS) is 15.9. The maximum Gasteiger partial charge on any atom is 0.243 e. The number of carbonyl (C=O) groups is 2. The lowest BCUT2D eigenvalue weighted by Gasteiger charge is -2.21. The van der Waals surface area contributed by atoms with E-state index in [0.717, 1.165) is 12.8 Å². The topological polar surface area (TPSA) is 84.2 Å². The summed E-state index contributed by atoms with van der Waals surface area (Å²) >= 11 is 0. The number of nitrogens with two attached hydrogens (primary N) is 1. The Kier molecular flexibility index (Phi) is 6.11. The van der Waals surface area contributed by atoms with Gasteiger partial charge in [0.2, 0.25) is 11.8 Å². The molecule has 0 atom stereocenters. The van der Waals surface area contributed by atoms with Crippen molar-refractivity contribution in [1.29, 1.82) is 0 Å². The van der Waals surface area contributed by atoms with Crippen LogP contribution in [0.5, 0.6) is 0 Å². The smallest absolute Gasteiger partial charge is 0.243 e. The van der Waals surface area contributed by atoms with Gasteiger partial charge in [0.15, 0.2) is 0 Å². The first-order valence-corrected chi connectivity index (χ1v) is 6.62. The Morgan fingerprint density at radius 3 is 2.57 bits per heavy atom. The van der Waals surface area contributed by atoms with Crippen molar-refractivity contribution in [3.8, 4) is 0 Å². The van der Waals surface area contributed by atoms with E-state index in [1.165, 1.54) is 18.2 Å². The third-order valence-electron chi connectivity index (χ3n) is 3.47. The first-order valence-electron chi connectivity index (χ1n) is 6.62. The fraction of sp³-hybridized carbons (Fsp3) is 0.429. The van der Waals surface area contributed by atoms with Crippen LogP contribution < -0.4 is 16.4 Å². The molecule has 0 unspecified atom stereocenters. The lowest BCUT2D eigenvalue weighted by molar-refractivity contribution is -0.128. The molecular formula is C14H19ClFN3O2. The minimum absolute atomic E-state index is 0. The van der Waals surface area contributed by atoms with E-state index in [4.69, 9.17) is 5.73 Å². The van der Waals surface area contributed by atoms with Gasteiger partial charge in [-0.05, 0) is 31.0 Å². The molecule has 1 aromatic rings. The van der Waals surface area contributed by atoms with Crippen molar-refractivity contribution in [2.24, 2.45) is 5.73 Å². The van der Waals surface area contributed by atoms with Crippen LogP contribution in [0.15, 0.2) is 24.3 Å². The number of rotatable bonds is 4. The summed E-state index contributed by atoms with van der Waals surface area (Å²) in [5.41, 5.74) is 5.47. The van der Waals surface area contributed by atoms with E-state index in [1.54, 1.807) is 6.07 Å². The van der Waals surface area contributed by atoms with Gasteiger partial charge in [0.05, 0.1) is 12.1 Å². The molecule has 1 fully saturated rings. The van der Waals surface area contributed by atoms with E-state index < -0.39 is 17.3 Å². The van der Waals surface area contributed by atoms with E-state index in [9.17, 15) is 14.0 Å². The highest BCUT2D eigenvalue weighted by atomic mass is 35.5. The van der Waals surface area contributed by atoms with Gasteiger partial charge in [0.25, 0.3) is 0 Å². The summed E-state index contributed by atoms with van der Waals surface area (Å²) in [6.07, 6.45) is 3.15. The lowest BCUT2D eigenvalue weighted by Crippen LogP contribution is -2.53. The van der Waals surface area contributed by atoms with Gasteiger partial charge in [-0.2, -0.15) is 0 Å². The molecule has 0 heterocycles. The summed E-state index contributed by atoms with van der Waals surface area (Å²) in [6.45, 7) is -0.172. The van der Waals surface area contributed by atoms with Crippen molar-refractivity contribution in [2.45, 2.75) is 31.2 Å². The molecule has 4 N–H and O–H groups in total. The zero-order chi connectivity index (χ0) is 14.6. The van der Waals surface area contributed by atoms with Gasteiger partial charge in [0.1, 0.15) is 5.82 Å². The molecule has 0 saturated heterocycles. The zero-order valence-corrected chi connectivity index (χ0v) is 12.3. The van der Waals surface area contributed by atoms with E-state index in [-0.39, 0.29) is 24.9 Å². The standard InChI is InChI=1S/C14H18FN3O2.ClH/c15-10-4-3-5-11(8-10)18-12(19)9-17-13(20)14(16)6-1-2-7-14;/h3-5,8H,1-2,6-7,9,16H2,(H,17,20)(H,18,19);1H. The number of carbonyl (C=O) groups excluding carboxylic acids is 2. The molecule has 0 aliphatic heterocycles. The predicted octanol–water partition coefficient (Wildman–Crippen LogP) is 1.57. The molecular weight excluding hydrogens is 297 g/mol. The van der Waals surface area contributed by atoms with Crippen molar-refractivity contribution >= 4 is 29.9 Å². The molecule has 0 aromatic heterocycles. The quantitative estimate of drug-likeness (QED) is 0.788. The highest BCUT2D eigenvalue weighted by Gasteiger charge is 2.36. The Morgan fingerprint density at radius 1 is 1.29 bits per heavy atom. The average molecular weight is 316 g/mol. The number of nitrogens with one attached hydrogen (secondary N) is 2. The van der Waals surface area contributed by atoms with Crippen LogP contribution in [0.4, 0.5) is 10.1 Å². The minimum atomic E-state index is -0.848. The van der Waals surface area contributed by atoms with Crippen molar-refractivity contribution in [3.05, 3.63) is 30.1 Å². The van der Waals surface area contributed by atoms with Gasteiger partial charge < -0.3 is 16.4 Å². The monoisotopic (exact) mass is 315 g/mol. The second kappa shape index (κ2) is 7.38. The molecule has 5 nitrogen and oxygen atoms in total. The number of hydrogen-bond acceptors (Lipinski definition) is 3. The number of hydrogen-bond donors (Lipinski definition) is 3. The molecule has 21 heavy (non-hydrogen) atoms. The van der Waals surface area contributed by atoms with Crippen LogP contribution >= 0.6 is 12.4 Å². The average Bonchev–Trinajstić information content (AvgIpc) is 2.84. The van der Waals surface area contributed by atoms with Crippen LogP contribution in [0.1, 0.15) is 25.7 Å². The van der Waals surface area contributed by atoms with Crippen LogP contribution in [0, 0.1) is 5.82 Å². The first-order chi connectivity index (χ1) is 9.49. The van der Waals surface area contributed by atoms with E-state index >= 15 is 0 Å². The van der Waals surface area contributed by atoms with E-state index in [1.807, 2.05) is 0 Å². The third-order valence-corrected chi connectivity index (χ3v) is 3.47. The molecule has 116 valence electrons. The number of halogens is 2. The van der Waals surface area contributed by atoms with Gasteiger partial charge in [-0.25, -0.2) is 4.39 Å². The van der Waals surface area contributed by atoms with Crippen molar-refractivity contribution in [3.63, 3.8) is 0 Å². The number of benzene rings is 1. The van der Waals surface area contributed by atoms with Gasteiger partial charge in [0, 0.05) is 5.69 Å². The highest BCUT2D eigenvalue weighted by Crippen LogP contribution is 2.27. The Balaban J connectivity index is 0.00000220. The predicted molar refractivity (Wildman–Crippen MR) is 80.7 cm³/mol. The second-order valence-corrected chi connectivity index (χ2v) is 5.10. The van der Waals surface area contributed by atoms with Crippen LogP contribution in [-0.2, 0) is 9.59 Å². The number of amides is 2. The molecule has 1 aliphatic rings. The number of anilines is 1. The summed E-state index contributed by atoms with van der Waals surface area (Å²) in [5.74, 6) is -1.14. The third kappa shape index (κ3) is 4.68. The minimum Gasteiger partial charge on any atom is -0.345 e. The van der Waals surface area contributed by atoms with Crippen LogP contribution in [0.25, 0.3) is 0 Å². The molecule has 1 saturated carbocycles. The SMILES string of the molecule is Cl.NC1(C(=O)NCC(=O)Nc2cccc(F)c2)CCCC1. The zero-order valence-electron chi connectivity index (χ0n) is 11.5. The molecule has 0 spiro atoms. The molecule has 7 heteroatoms. The Morgan fingerprint density at radius 2 is 1.95 bits per heavy atom. The Hall–Kier alpha value is -1.66. The van der Waals surface area contributed by atoms with Crippen molar-refractivity contribution in [1.82, 2.24) is 5.32 Å².